The van der Waals surface area contributed by atoms with Crippen LogP contribution >= 0.6 is 0 Å². The van der Waals surface area contributed by atoms with Gasteiger partial charge < -0.3 is 9.88 Å². The molecule has 21 heavy (non-hydrogen) atoms. The highest BCUT2D eigenvalue weighted by molar-refractivity contribution is 5.90. The first-order valence-corrected chi connectivity index (χ1v) is 7.38. The number of rotatable bonds is 5. The Morgan fingerprint density at radius 3 is 2.95 bits per heavy atom. The van der Waals surface area contributed by atoms with Crippen molar-refractivity contribution in [3.8, 4) is 0 Å². The number of nitrogens with one attached hydrogen (secondary N) is 1. The van der Waals surface area contributed by atoms with Gasteiger partial charge in [-0.25, -0.2) is 4.98 Å². The molecule has 0 aliphatic rings. The first kappa shape index (κ1) is 13.6. The molecule has 0 aliphatic heterocycles. The maximum absolute atomic E-state index is 4.64. The lowest BCUT2D eigenvalue weighted by Gasteiger charge is -2.11. The van der Waals surface area contributed by atoms with E-state index < -0.39 is 0 Å². The van der Waals surface area contributed by atoms with Gasteiger partial charge in [0, 0.05) is 30.0 Å². The molecule has 0 bridgehead atoms. The molecular weight excluding hydrogens is 260 g/mol. The number of anilines is 1. The average molecular weight is 280 g/mol. The predicted octanol–water partition coefficient (Wildman–Crippen LogP) is 3.76. The van der Waals surface area contributed by atoms with Crippen LogP contribution in [0.15, 0.2) is 42.7 Å². The van der Waals surface area contributed by atoms with Crippen molar-refractivity contribution in [2.45, 2.75) is 33.4 Å². The van der Waals surface area contributed by atoms with Gasteiger partial charge in [0.1, 0.15) is 5.82 Å². The number of imidazole rings is 1. The van der Waals surface area contributed by atoms with Crippen LogP contribution in [0.5, 0.6) is 0 Å². The highest BCUT2D eigenvalue weighted by Crippen LogP contribution is 2.22. The van der Waals surface area contributed by atoms with Crippen molar-refractivity contribution in [1.82, 2.24) is 14.5 Å². The van der Waals surface area contributed by atoms with Crippen molar-refractivity contribution in [3.63, 3.8) is 0 Å². The zero-order chi connectivity index (χ0) is 14.7. The molecule has 2 aromatic heterocycles. The molecule has 4 nitrogen and oxygen atoms in total. The number of para-hydroxylation sites is 1. The maximum Gasteiger partial charge on any atom is 0.128 e. The van der Waals surface area contributed by atoms with Crippen LogP contribution in [0, 0.1) is 6.92 Å². The first-order valence-electron chi connectivity index (χ1n) is 7.38. The van der Waals surface area contributed by atoms with Crippen LogP contribution in [0.2, 0.25) is 0 Å². The van der Waals surface area contributed by atoms with E-state index in [0.29, 0.717) is 6.54 Å². The van der Waals surface area contributed by atoms with Crippen molar-refractivity contribution < 1.29 is 0 Å². The number of hydrogen-bond donors (Lipinski definition) is 1. The van der Waals surface area contributed by atoms with Crippen LogP contribution in [-0.4, -0.2) is 14.5 Å². The van der Waals surface area contributed by atoms with E-state index in [1.54, 1.807) is 0 Å². The van der Waals surface area contributed by atoms with Gasteiger partial charge in [-0.1, -0.05) is 25.1 Å². The van der Waals surface area contributed by atoms with Crippen LogP contribution in [0.4, 0.5) is 5.69 Å². The molecule has 0 saturated heterocycles. The number of pyridine rings is 1. The first-order chi connectivity index (χ1) is 10.3. The Kier molecular flexibility index (Phi) is 3.86. The lowest BCUT2D eigenvalue weighted by molar-refractivity contribution is 0.644. The molecule has 108 valence electrons. The number of hydrogen-bond acceptors (Lipinski definition) is 3. The second-order valence-electron chi connectivity index (χ2n) is 5.22. The van der Waals surface area contributed by atoms with Crippen molar-refractivity contribution in [2.75, 3.05) is 5.32 Å². The second kappa shape index (κ2) is 5.95. The van der Waals surface area contributed by atoms with E-state index in [9.17, 15) is 0 Å². The largest absolute Gasteiger partial charge is 0.376 e. The molecule has 0 unspecified atom stereocenters. The molecule has 3 aromatic rings. The predicted molar refractivity (Wildman–Crippen MR) is 86.3 cm³/mol. The Morgan fingerprint density at radius 1 is 1.19 bits per heavy atom. The third-order valence-corrected chi connectivity index (χ3v) is 3.56. The smallest absolute Gasteiger partial charge is 0.128 e. The Bertz CT molecular complexity index is 745. The van der Waals surface area contributed by atoms with Gasteiger partial charge in [0.05, 0.1) is 17.7 Å². The van der Waals surface area contributed by atoms with E-state index in [2.05, 4.69) is 51.0 Å². The molecule has 0 radical (unpaired) electrons. The topological polar surface area (TPSA) is 42.7 Å². The monoisotopic (exact) mass is 280 g/mol. The molecule has 0 saturated carbocycles. The zero-order valence-corrected chi connectivity index (χ0v) is 12.5. The van der Waals surface area contributed by atoms with E-state index in [-0.39, 0.29) is 0 Å². The van der Waals surface area contributed by atoms with E-state index >= 15 is 0 Å². The van der Waals surface area contributed by atoms with Gasteiger partial charge in [-0.3, -0.25) is 4.98 Å². The summed E-state index contributed by atoms with van der Waals surface area (Å²) in [6.07, 6.45) is 5.00. The molecular formula is C17H20N4. The molecule has 0 fully saturated rings. The summed E-state index contributed by atoms with van der Waals surface area (Å²) in [5.74, 6) is 1.06. The van der Waals surface area contributed by atoms with E-state index in [1.807, 2.05) is 25.4 Å². The third-order valence-electron chi connectivity index (χ3n) is 3.56. The SMILES string of the molecule is CCCn1ccnc1CNc1cccc2ccc(C)nc12. The second-order valence-corrected chi connectivity index (χ2v) is 5.22. The summed E-state index contributed by atoms with van der Waals surface area (Å²) < 4.78 is 2.19. The van der Waals surface area contributed by atoms with Gasteiger partial charge in [-0.2, -0.15) is 0 Å². The number of benzene rings is 1. The van der Waals surface area contributed by atoms with Crippen molar-refractivity contribution in [1.29, 1.82) is 0 Å². The number of fused-ring (bicyclic) bond motifs is 1. The summed E-state index contributed by atoms with van der Waals surface area (Å²) in [5, 5.41) is 4.63. The van der Waals surface area contributed by atoms with Gasteiger partial charge in [-0.05, 0) is 25.5 Å². The normalized spacial score (nSPS) is 11.0. The van der Waals surface area contributed by atoms with Gasteiger partial charge in [0.2, 0.25) is 0 Å². The van der Waals surface area contributed by atoms with Crippen LogP contribution in [0.1, 0.15) is 24.9 Å². The number of nitrogens with zero attached hydrogens (tertiary/aromatic N) is 3. The van der Waals surface area contributed by atoms with Crippen LogP contribution < -0.4 is 5.32 Å². The van der Waals surface area contributed by atoms with Crippen molar-refractivity contribution in [2.24, 2.45) is 0 Å². The fourth-order valence-corrected chi connectivity index (χ4v) is 2.51. The Morgan fingerprint density at radius 2 is 2.10 bits per heavy atom. The minimum Gasteiger partial charge on any atom is -0.376 e. The van der Waals surface area contributed by atoms with Crippen LogP contribution in [-0.2, 0) is 13.1 Å². The minimum absolute atomic E-state index is 0.710. The molecule has 1 N–H and O–H groups in total. The summed E-state index contributed by atoms with van der Waals surface area (Å²) in [4.78, 5) is 9.07. The van der Waals surface area contributed by atoms with E-state index in [4.69, 9.17) is 0 Å². The molecule has 2 heterocycles. The minimum atomic E-state index is 0.710. The van der Waals surface area contributed by atoms with Crippen molar-refractivity contribution >= 4 is 16.6 Å². The van der Waals surface area contributed by atoms with Gasteiger partial charge >= 0.3 is 0 Å². The summed E-state index contributed by atoms with van der Waals surface area (Å²) >= 11 is 0. The fourth-order valence-electron chi connectivity index (χ4n) is 2.51. The number of aryl methyl sites for hydroxylation is 2. The summed E-state index contributed by atoms with van der Waals surface area (Å²) in [6, 6.07) is 10.4. The highest BCUT2D eigenvalue weighted by Gasteiger charge is 2.05. The summed E-state index contributed by atoms with van der Waals surface area (Å²) in [7, 11) is 0. The van der Waals surface area contributed by atoms with E-state index in [0.717, 1.165) is 41.1 Å². The molecule has 0 aliphatic carbocycles. The van der Waals surface area contributed by atoms with Gasteiger partial charge in [0.15, 0.2) is 0 Å². The average Bonchev–Trinajstić information content (AvgIpc) is 2.93. The summed E-state index contributed by atoms with van der Waals surface area (Å²) in [5.41, 5.74) is 3.11. The van der Waals surface area contributed by atoms with Gasteiger partial charge in [0.25, 0.3) is 0 Å². The highest BCUT2D eigenvalue weighted by atomic mass is 15.1. The number of aromatic nitrogens is 3. The zero-order valence-electron chi connectivity index (χ0n) is 12.5. The lowest BCUT2D eigenvalue weighted by Crippen LogP contribution is -2.08. The van der Waals surface area contributed by atoms with E-state index in [1.165, 1.54) is 0 Å². The van der Waals surface area contributed by atoms with Gasteiger partial charge in [-0.15, -0.1) is 0 Å². The standard InChI is InChI=1S/C17H20N4/c1-3-10-21-11-9-18-16(21)12-19-15-6-4-5-14-8-7-13(2)20-17(14)15/h4-9,11,19H,3,10,12H2,1-2H3. The molecule has 0 amide bonds. The van der Waals surface area contributed by atoms with Crippen molar-refractivity contribution in [3.05, 3.63) is 54.2 Å². The maximum atomic E-state index is 4.64. The molecule has 1 aromatic carbocycles. The molecule has 4 heteroatoms. The lowest BCUT2D eigenvalue weighted by atomic mass is 10.1. The Balaban J connectivity index is 1.85. The summed E-state index contributed by atoms with van der Waals surface area (Å²) in [6.45, 7) is 5.91. The van der Waals surface area contributed by atoms with Crippen LogP contribution in [0.25, 0.3) is 10.9 Å². The third kappa shape index (κ3) is 2.89. The molecule has 0 spiro atoms. The molecule has 3 rings (SSSR count). The fraction of sp³-hybridized carbons (Fsp3) is 0.294. The quantitative estimate of drug-likeness (QED) is 0.773. The Hall–Kier alpha value is -2.36. The molecule has 0 atom stereocenters. The Labute approximate surface area is 124 Å². The van der Waals surface area contributed by atoms with Crippen LogP contribution in [0.3, 0.4) is 0 Å².